The highest BCUT2D eigenvalue weighted by Crippen LogP contribution is 2.45. The van der Waals surface area contributed by atoms with Gasteiger partial charge >= 0.3 is 0 Å². The monoisotopic (exact) mass is 285 g/mol. The second kappa shape index (κ2) is 4.52. The van der Waals surface area contributed by atoms with Gasteiger partial charge in [0.1, 0.15) is 0 Å². The molecule has 2 aromatic rings. The van der Waals surface area contributed by atoms with E-state index in [-0.39, 0.29) is 5.54 Å². The van der Waals surface area contributed by atoms with Gasteiger partial charge in [0.05, 0.1) is 29.0 Å². The molecule has 2 aromatic heterocycles. The molecule has 3 heterocycles. The second-order valence-corrected chi connectivity index (χ2v) is 6.75. The molecule has 2 N–H and O–H groups in total. The van der Waals surface area contributed by atoms with Gasteiger partial charge in [-0.1, -0.05) is 6.92 Å². The summed E-state index contributed by atoms with van der Waals surface area (Å²) >= 11 is 0. The molecule has 1 saturated carbocycles. The zero-order chi connectivity index (χ0) is 14.6. The van der Waals surface area contributed by atoms with Crippen molar-refractivity contribution in [1.82, 2.24) is 19.7 Å². The molecule has 1 unspecified atom stereocenters. The normalized spacial score (nSPS) is 23.2. The summed E-state index contributed by atoms with van der Waals surface area (Å²) in [4.78, 5) is 6.72. The molecule has 1 aliphatic heterocycles. The Morgan fingerprint density at radius 3 is 2.81 bits per heavy atom. The maximum Gasteiger partial charge on any atom is 0.0903 e. The first-order valence-electron chi connectivity index (χ1n) is 7.95. The van der Waals surface area contributed by atoms with Gasteiger partial charge in [0.2, 0.25) is 0 Å². The molecule has 1 saturated heterocycles. The molecule has 1 aliphatic carbocycles. The van der Waals surface area contributed by atoms with E-state index in [2.05, 4.69) is 34.5 Å². The Balaban J connectivity index is 1.78. The van der Waals surface area contributed by atoms with Crippen molar-refractivity contribution in [3.63, 3.8) is 0 Å². The first kappa shape index (κ1) is 13.2. The third-order valence-electron chi connectivity index (χ3n) is 5.18. The van der Waals surface area contributed by atoms with Gasteiger partial charge in [0, 0.05) is 24.7 Å². The highest BCUT2D eigenvalue weighted by Gasteiger charge is 2.43. The number of aromatic nitrogens is 3. The average Bonchev–Trinajstić information content (AvgIpc) is 3.21. The molecular formula is C16H23N5. The van der Waals surface area contributed by atoms with Crippen LogP contribution in [0.4, 0.5) is 0 Å². The number of nitrogens with two attached hydrogens (primary N) is 1. The molecule has 0 radical (unpaired) electrons. The van der Waals surface area contributed by atoms with Crippen LogP contribution < -0.4 is 5.73 Å². The van der Waals surface area contributed by atoms with Gasteiger partial charge in [-0.05, 0) is 38.3 Å². The second-order valence-electron chi connectivity index (χ2n) is 6.75. The fourth-order valence-electron chi connectivity index (χ4n) is 3.49. The van der Waals surface area contributed by atoms with Crippen LogP contribution in [0.15, 0.2) is 18.5 Å². The van der Waals surface area contributed by atoms with Crippen LogP contribution in [-0.4, -0.2) is 39.3 Å². The third-order valence-corrected chi connectivity index (χ3v) is 5.18. The zero-order valence-electron chi connectivity index (χ0n) is 12.8. The number of likely N-dealkylation sites (tertiary alicyclic amines) is 1. The molecule has 2 fully saturated rings. The van der Waals surface area contributed by atoms with E-state index in [0.717, 1.165) is 30.8 Å². The Morgan fingerprint density at radius 2 is 2.14 bits per heavy atom. The lowest BCUT2D eigenvalue weighted by Crippen LogP contribution is -2.47. The summed E-state index contributed by atoms with van der Waals surface area (Å²) in [6.45, 7) is 7.60. The van der Waals surface area contributed by atoms with Gasteiger partial charge in [-0.15, -0.1) is 0 Å². The number of hydrogen-bond acceptors (Lipinski definition) is 4. The average molecular weight is 285 g/mol. The molecule has 1 atom stereocenters. The number of fused-ring (bicyclic) bond motifs is 1. The molecule has 112 valence electrons. The predicted molar refractivity (Wildman–Crippen MR) is 82.9 cm³/mol. The predicted octanol–water partition coefficient (Wildman–Crippen LogP) is 1.89. The number of nitrogens with zero attached hydrogens (tertiary/aromatic N) is 4. The van der Waals surface area contributed by atoms with E-state index in [4.69, 9.17) is 10.8 Å². The van der Waals surface area contributed by atoms with E-state index in [9.17, 15) is 0 Å². The van der Waals surface area contributed by atoms with Gasteiger partial charge in [-0.3, -0.25) is 14.6 Å². The number of rotatable bonds is 4. The Hall–Kier alpha value is -1.46. The van der Waals surface area contributed by atoms with Crippen LogP contribution in [-0.2, 0) is 5.54 Å². The summed E-state index contributed by atoms with van der Waals surface area (Å²) < 4.78 is 2.16. The van der Waals surface area contributed by atoms with Gasteiger partial charge in [-0.2, -0.15) is 5.10 Å². The smallest absolute Gasteiger partial charge is 0.0903 e. The summed E-state index contributed by atoms with van der Waals surface area (Å²) in [6, 6.07) is 2.53. The van der Waals surface area contributed by atoms with Crippen LogP contribution in [0.2, 0.25) is 0 Å². The summed E-state index contributed by atoms with van der Waals surface area (Å²) in [6.07, 6.45) is 6.22. The van der Waals surface area contributed by atoms with Crippen LogP contribution in [0.5, 0.6) is 0 Å². The van der Waals surface area contributed by atoms with Crippen LogP contribution >= 0.6 is 0 Å². The highest BCUT2D eigenvalue weighted by atomic mass is 15.4. The molecule has 2 aliphatic rings. The van der Waals surface area contributed by atoms with Crippen molar-refractivity contribution in [2.75, 3.05) is 19.6 Å². The third kappa shape index (κ3) is 1.99. The first-order valence-corrected chi connectivity index (χ1v) is 7.95. The fraction of sp³-hybridized carbons (Fsp3) is 0.625. The van der Waals surface area contributed by atoms with Gasteiger partial charge in [-0.25, -0.2) is 0 Å². The highest BCUT2D eigenvalue weighted by molar-refractivity contribution is 5.82. The van der Waals surface area contributed by atoms with Crippen LogP contribution in [0.3, 0.4) is 0 Å². The lowest BCUT2D eigenvalue weighted by atomic mass is 9.91. The first-order chi connectivity index (χ1) is 10.1. The minimum Gasteiger partial charge on any atom is -0.320 e. The SMILES string of the molecule is CCN1CC(n2nc(C(C)(N)C3CC3)c3ccncc32)C1. The van der Waals surface area contributed by atoms with E-state index in [1.165, 1.54) is 18.2 Å². The Labute approximate surface area is 125 Å². The minimum absolute atomic E-state index is 0.320. The quantitative estimate of drug-likeness (QED) is 0.932. The van der Waals surface area contributed by atoms with Crippen LogP contribution in [0.25, 0.3) is 10.9 Å². The van der Waals surface area contributed by atoms with E-state index >= 15 is 0 Å². The topological polar surface area (TPSA) is 60.0 Å². The molecule has 21 heavy (non-hydrogen) atoms. The standard InChI is InChI=1S/C16H23N5/c1-3-20-9-12(10-20)21-14-8-18-7-6-13(14)15(19-21)16(2,17)11-4-5-11/h6-8,11-12H,3-5,9-10,17H2,1-2H3. The molecule has 5 heteroatoms. The van der Waals surface area contributed by atoms with Gasteiger partial charge in [0.25, 0.3) is 0 Å². The minimum atomic E-state index is -0.320. The molecule has 4 rings (SSSR count). The van der Waals surface area contributed by atoms with Crippen molar-refractivity contribution in [3.05, 3.63) is 24.2 Å². The fourth-order valence-corrected chi connectivity index (χ4v) is 3.49. The van der Waals surface area contributed by atoms with Crippen molar-refractivity contribution < 1.29 is 0 Å². The van der Waals surface area contributed by atoms with E-state index < -0.39 is 0 Å². The summed E-state index contributed by atoms with van der Waals surface area (Å²) in [5, 5.41) is 6.12. The van der Waals surface area contributed by atoms with Crippen molar-refractivity contribution in [2.45, 2.75) is 38.3 Å². The number of hydrogen-bond donors (Lipinski definition) is 1. The Morgan fingerprint density at radius 1 is 1.38 bits per heavy atom. The van der Waals surface area contributed by atoms with Crippen LogP contribution in [0, 0.1) is 5.92 Å². The van der Waals surface area contributed by atoms with Crippen molar-refractivity contribution in [1.29, 1.82) is 0 Å². The van der Waals surface area contributed by atoms with E-state index in [0.29, 0.717) is 12.0 Å². The van der Waals surface area contributed by atoms with E-state index in [1.807, 2.05) is 12.4 Å². The summed E-state index contributed by atoms with van der Waals surface area (Å²) in [7, 11) is 0. The summed E-state index contributed by atoms with van der Waals surface area (Å²) in [5.74, 6) is 0.575. The van der Waals surface area contributed by atoms with E-state index in [1.54, 1.807) is 0 Å². The van der Waals surface area contributed by atoms with Gasteiger partial charge < -0.3 is 5.73 Å². The van der Waals surface area contributed by atoms with Crippen LogP contribution in [0.1, 0.15) is 38.4 Å². The van der Waals surface area contributed by atoms with Crippen molar-refractivity contribution in [2.24, 2.45) is 11.7 Å². The molecule has 0 spiro atoms. The molecular weight excluding hydrogens is 262 g/mol. The lowest BCUT2D eigenvalue weighted by Gasteiger charge is -2.38. The maximum atomic E-state index is 6.63. The maximum absolute atomic E-state index is 6.63. The van der Waals surface area contributed by atoms with Gasteiger partial charge in [0.15, 0.2) is 0 Å². The lowest BCUT2D eigenvalue weighted by molar-refractivity contribution is 0.107. The largest absolute Gasteiger partial charge is 0.320 e. The number of likely N-dealkylation sites (N-methyl/N-ethyl adjacent to an activating group) is 1. The molecule has 5 nitrogen and oxygen atoms in total. The number of pyridine rings is 1. The Bertz CT molecular complexity index is 664. The van der Waals surface area contributed by atoms with Crippen molar-refractivity contribution >= 4 is 10.9 Å². The van der Waals surface area contributed by atoms with Crippen molar-refractivity contribution in [3.8, 4) is 0 Å². The molecule has 0 amide bonds. The summed E-state index contributed by atoms with van der Waals surface area (Å²) in [5.41, 5.74) is 8.49. The Kier molecular flexibility index (Phi) is 2.84. The zero-order valence-corrected chi connectivity index (χ0v) is 12.8. The molecule has 0 bridgehead atoms. The molecule has 0 aromatic carbocycles.